The van der Waals surface area contributed by atoms with Crippen LogP contribution in [0.25, 0.3) is 10.2 Å². The van der Waals surface area contributed by atoms with Crippen LogP contribution in [0.5, 0.6) is 0 Å². The van der Waals surface area contributed by atoms with Crippen LogP contribution in [0, 0.1) is 0 Å². The van der Waals surface area contributed by atoms with Gasteiger partial charge < -0.3 is 10.6 Å². The smallest absolute Gasteiger partial charge is 0.146 e. The molecule has 5 nitrogen and oxygen atoms in total. The van der Waals surface area contributed by atoms with Gasteiger partial charge in [-0.05, 0) is 32.6 Å². The first-order valence-electron chi connectivity index (χ1n) is 5.89. The molecule has 6 heteroatoms. The minimum atomic E-state index is 0.581. The summed E-state index contributed by atoms with van der Waals surface area (Å²) in [5.41, 5.74) is 5.93. The molecular formula is C12H19N5S. The average molecular weight is 265 g/mol. The zero-order valence-electron chi connectivity index (χ0n) is 11.1. The van der Waals surface area contributed by atoms with Crippen molar-refractivity contribution >= 4 is 27.4 Å². The molecule has 0 bridgehead atoms. The van der Waals surface area contributed by atoms with Crippen molar-refractivity contribution in [2.75, 3.05) is 40.0 Å². The molecule has 0 saturated carbocycles. The van der Waals surface area contributed by atoms with E-state index in [-0.39, 0.29) is 0 Å². The van der Waals surface area contributed by atoms with Gasteiger partial charge in [-0.1, -0.05) is 0 Å². The minimum absolute atomic E-state index is 0.581. The molecule has 0 amide bonds. The molecule has 0 aliphatic heterocycles. The van der Waals surface area contributed by atoms with Gasteiger partial charge in [0, 0.05) is 13.1 Å². The summed E-state index contributed by atoms with van der Waals surface area (Å²) in [7, 11) is 6.21. The number of anilines is 1. The van der Waals surface area contributed by atoms with Gasteiger partial charge in [0.25, 0.3) is 0 Å². The Morgan fingerprint density at radius 1 is 1.22 bits per heavy atom. The van der Waals surface area contributed by atoms with Crippen LogP contribution in [0.2, 0.25) is 0 Å². The van der Waals surface area contributed by atoms with Gasteiger partial charge in [0.2, 0.25) is 0 Å². The molecule has 0 atom stereocenters. The second-order valence-corrected chi connectivity index (χ2v) is 5.60. The second-order valence-electron chi connectivity index (χ2n) is 4.71. The standard InChI is InChI=1S/C12H19N5S/c1-16(2)5-6-17(3)8-10-14-11(13)9-4-7-18-12(9)15-10/h4,7H,5-6,8H2,1-3H3,(H2,13,14,15). The number of nitrogens with zero attached hydrogens (tertiary/aromatic N) is 4. The Labute approximate surface area is 111 Å². The average Bonchev–Trinajstić information content (AvgIpc) is 2.75. The highest BCUT2D eigenvalue weighted by molar-refractivity contribution is 7.16. The van der Waals surface area contributed by atoms with Crippen LogP contribution in [-0.4, -0.2) is 54.0 Å². The highest BCUT2D eigenvalue weighted by Crippen LogP contribution is 2.22. The van der Waals surface area contributed by atoms with Gasteiger partial charge >= 0.3 is 0 Å². The summed E-state index contributed by atoms with van der Waals surface area (Å²) in [6.45, 7) is 2.73. The van der Waals surface area contributed by atoms with Crippen molar-refractivity contribution in [3.8, 4) is 0 Å². The highest BCUT2D eigenvalue weighted by atomic mass is 32.1. The lowest BCUT2D eigenvalue weighted by Gasteiger charge is -2.18. The summed E-state index contributed by atoms with van der Waals surface area (Å²) in [6, 6.07) is 1.97. The molecule has 2 N–H and O–H groups in total. The number of hydrogen-bond acceptors (Lipinski definition) is 6. The van der Waals surface area contributed by atoms with Gasteiger partial charge in [-0.25, -0.2) is 9.97 Å². The number of aromatic nitrogens is 2. The third-order valence-electron chi connectivity index (χ3n) is 2.74. The quantitative estimate of drug-likeness (QED) is 0.882. The molecule has 0 aliphatic rings. The van der Waals surface area contributed by atoms with E-state index >= 15 is 0 Å². The van der Waals surface area contributed by atoms with Crippen LogP contribution in [0.4, 0.5) is 5.82 Å². The van der Waals surface area contributed by atoms with Crippen LogP contribution < -0.4 is 5.73 Å². The predicted octanol–water partition coefficient (Wildman–Crippen LogP) is 1.27. The van der Waals surface area contributed by atoms with E-state index in [1.807, 2.05) is 11.4 Å². The summed E-state index contributed by atoms with van der Waals surface area (Å²) in [4.78, 5) is 14.2. The molecule has 0 aliphatic carbocycles. The molecule has 18 heavy (non-hydrogen) atoms. The Balaban J connectivity index is 2.07. The maximum atomic E-state index is 5.93. The SMILES string of the molecule is CN(C)CCN(C)Cc1nc(N)c2ccsc2n1. The van der Waals surface area contributed by atoms with Crippen LogP contribution in [0.3, 0.4) is 0 Å². The van der Waals surface area contributed by atoms with E-state index in [9.17, 15) is 0 Å². The molecular weight excluding hydrogens is 246 g/mol. The Morgan fingerprint density at radius 3 is 2.72 bits per heavy atom. The zero-order valence-corrected chi connectivity index (χ0v) is 11.9. The zero-order chi connectivity index (χ0) is 13.1. The van der Waals surface area contributed by atoms with Gasteiger partial charge in [-0.2, -0.15) is 0 Å². The monoisotopic (exact) mass is 265 g/mol. The normalized spacial score (nSPS) is 11.8. The highest BCUT2D eigenvalue weighted by Gasteiger charge is 2.08. The van der Waals surface area contributed by atoms with Gasteiger partial charge in [0.15, 0.2) is 0 Å². The Bertz CT molecular complexity index is 522. The summed E-state index contributed by atoms with van der Waals surface area (Å²) in [5.74, 6) is 1.38. The van der Waals surface area contributed by atoms with Gasteiger partial charge in [0.05, 0.1) is 11.9 Å². The minimum Gasteiger partial charge on any atom is -0.383 e. The number of rotatable bonds is 5. The first kappa shape index (κ1) is 13.2. The van der Waals surface area contributed by atoms with E-state index in [0.717, 1.165) is 35.7 Å². The molecule has 0 aromatic carbocycles. The first-order valence-corrected chi connectivity index (χ1v) is 6.77. The number of likely N-dealkylation sites (N-methyl/N-ethyl adjacent to an activating group) is 2. The van der Waals surface area contributed by atoms with Crippen LogP contribution >= 0.6 is 11.3 Å². The van der Waals surface area contributed by atoms with E-state index in [1.54, 1.807) is 11.3 Å². The van der Waals surface area contributed by atoms with Crippen molar-refractivity contribution in [2.24, 2.45) is 0 Å². The summed E-state index contributed by atoms with van der Waals surface area (Å²) >= 11 is 1.60. The lowest BCUT2D eigenvalue weighted by molar-refractivity contribution is 0.272. The number of fused-ring (bicyclic) bond motifs is 1. The Hall–Kier alpha value is -1.24. The van der Waals surface area contributed by atoms with E-state index in [2.05, 4.69) is 40.9 Å². The van der Waals surface area contributed by atoms with E-state index in [4.69, 9.17) is 5.73 Å². The summed E-state index contributed by atoms with van der Waals surface area (Å²) < 4.78 is 0. The van der Waals surface area contributed by atoms with Gasteiger partial charge in [-0.15, -0.1) is 11.3 Å². The van der Waals surface area contributed by atoms with Crippen molar-refractivity contribution in [1.29, 1.82) is 0 Å². The molecule has 0 saturated heterocycles. The van der Waals surface area contributed by atoms with Crippen molar-refractivity contribution in [3.63, 3.8) is 0 Å². The van der Waals surface area contributed by atoms with Crippen molar-refractivity contribution in [1.82, 2.24) is 19.8 Å². The fourth-order valence-corrected chi connectivity index (χ4v) is 2.48. The molecule has 0 spiro atoms. The second kappa shape index (κ2) is 5.60. The molecule has 0 radical (unpaired) electrons. The lowest BCUT2D eigenvalue weighted by Crippen LogP contribution is -2.29. The molecule has 0 fully saturated rings. The fraction of sp³-hybridized carbons (Fsp3) is 0.500. The number of thiophene rings is 1. The maximum absolute atomic E-state index is 5.93. The third kappa shape index (κ3) is 3.16. The fourth-order valence-electron chi connectivity index (χ4n) is 1.69. The maximum Gasteiger partial charge on any atom is 0.146 e. The van der Waals surface area contributed by atoms with E-state index < -0.39 is 0 Å². The van der Waals surface area contributed by atoms with Crippen LogP contribution in [0.15, 0.2) is 11.4 Å². The largest absolute Gasteiger partial charge is 0.383 e. The van der Waals surface area contributed by atoms with Crippen molar-refractivity contribution in [2.45, 2.75) is 6.54 Å². The van der Waals surface area contributed by atoms with Crippen molar-refractivity contribution < 1.29 is 0 Å². The molecule has 2 rings (SSSR count). The Kier molecular flexibility index (Phi) is 4.11. The predicted molar refractivity (Wildman–Crippen MR) is 76.7 cm³/mol. The van der Waals surface area contributed by atoms with E-state index in [1.165, 1.54) is 0 Å². The van der Waals surface area contributed by atoms with Crippen LogP contribution in [0.1, 0.15) is 5.82 Å². The van der Waals surface area contributed by atoms with Crippen LogP contribution in [-0.2, 0) is 6.54 Å². The molecule has 2 aromatic rings. The number of nitrogen functional groups attached to an aromatic ring is 1. The van der Waals surface area contributed by atoms with Crippen molar-refractivity contribution in [3.05, 3.63) is 17.3 Å². The molecule has 0 unspecified atom stereocenters. The number of hydrogen-bond donors (Lipinski definition) is 1. The third-order valence-corrected chi connectivity index (χ3v) is 3.55. The summed E-state index contributed by atoms with van der Waals surface area (Å²) in [5, 5.41) is 2.95. The van der Waals surface area contributed by atoms with E-state index in [0.29, 0.717) is 5.82 Å². The number of nitrogens with two attached hydrogens (primary N) is 1. The molecule has 98 valence electrons. The van der Waals surface area contributed by atoms with Gasteiger partial charge in [-0.3, -0.25) is 4.90 Å². The Morgan fingerprint density at radius 2 is 2.00 bits per heavy atom. The topological polar surface area (TPSA) is 58.3 Å². The molecule has 2 aromatic heterocycles. The molecule has 2 heterocycles. The lowest BCUT2D eigenvalue weighted by atomic mass is 10.3. The summed E-state index contributed by atoms with van der Waals surface area (Å²) in [6.07, 6.45) is 0. The first-order chi connectivity index (χ1) is 8.56. The van der Waals surface area contributed by atoms with Gasteiger partial charge in [0.1, 0.15) is 16.5 Å².